The zero-order valence-electron chi connectivity index (χ0n) is 9.77. The second-order valence-electron chi connectivity index (χ2n) is 5.73. The van der Waals surface area contributed by atoms with E-state index in [-0.39, 0.29) is 0 Å². The summed E-state index contributed by atoms with van der Waals surface area (Å²) in [5, 5.41) is 0. The van der Waals surface area contributed by atoms with Gasteiger partial charge in [0.2, 0.25) is 0 Å². The molecule has 0 aromatic carbocycles. The minimum Gasteiger partial charge on any atom is -0.303 e. The SMILES string of the molecule is CN1CCCC1CCCC(C)(C)C. The standard InChI is InChI=1S/C12H25N/c1-12(2,3)9-5-7-11-8-6-10-13(11)4/h11H,5-10H2,1-4H3. The number of likely N-dealkylation sites (tertiary alicyclic amines) is 1. The van der Waals surface area contributed by atoms with E-state index in [0.29, 0.717) is 5.41 Å². The molecule has 1 atom stereocenters. The van der Waals surface area contributed by atoms with E-state index in [1.165, 1.54) is 38.6 Å². The summed E-state index contributed by atoms with van der Waals surface area (Å²) in [6, 6.07) is 0.891. The van der Waals surface area contributed by atoms with Gasteiger partial charge in [-0.25, -0.2) is 0 Å². The Morgan fingerprint density at radius 3 is 2.46 bits per heavy atom. The first kappa shape index (κ1) is 11.0. The zero-order chi connectivity index (χ0) is 9.90. The molecule has 0 aromatic heterocycles. The highest BCUT2D eigenvalue weighted by molar-refractivity contribution is 4.76. The largest absolute Gasteiger partial charge is 0.303 e. The fourth-order valence-electron chi connectivity index (χ4n) is 2.21. The molecule has 0 radical (unpaired) electrons. The molecule has 0 N–H and O–H groups in total. The minimum atomic E-state index is 0.525. The van der Waals surface area contributed by atoms with E-state index in [1.54, 1.807) is 0 Å². The van der Waals surface area contributed by atoms with Crippen LogP contribution in [0.1, 0.15) is 52.9 Å². The first-order chi connectivity index (χ1) is 5.99. The van der Waals surface area contributed by atoms with Crippen molar-refractivity contribution in [2.45, 2.75) is 58.9 Å². The summed E-state index contributed by atoms with van der Waals surface area (Å²) < 4.78 is 0. The smallest absolute Gasteiger partial charge is 0.00926 e. The van der Waals surface area contributed by atoms with Crippen LogP contribution < -0.4 is 0 Å². The van der Waals surface area contributed by atoms with Crippen molar-refractivity contribution in [3.63, 3.8) is 0 Å². The molecular formula is C12H25N. The Morgan fingerprint density at radius 2 is 2.00 bits per heavy atom. The molecule has 1 heteroatoms. The molecule has 13 heavy (non-hydrogen) atoms. The van der Waals surface area contributed by atoms with E-state index in [2.05, 4.69) is 32.7 Å². The third kappa shape index (κ3) is 4.12. The molecule has 1 unspecified atom stereocenters. The van der Waals surface area contributed by atoms with Gasteiger partial charge in [-0.1, -0.05) is 27.2 Å². The van der Waals surface area contributed by atoms with Crippen molar-refractivity contribution in [3.05, 3.63) is 0 Å². The van der Waals surface area contributed by atoms with Gasteiger partial charge in [0.1, 0.15) is 0 Å². The van der Waals surface area contributed by atoms with Gasteiger partial charge in [-0.05, 0) is 44.7 Å². The van der Waals surface area contributed by atoms with Crippen LogP contribution in [0.15, 0.2) is 0 Å². The summed E-state index contributed by atoms with van der Waals surface area (Å²) in [4.78, 5) is 2.53. The summed E-state index contributed by atoms with van der Waals surface area (Å²) in [5.74, 6) is 0. The third-order valence-corrected chi connectivity index (χ3v) is 3.14. The molecule has 0 bridgehead atoms. The van der Waals surface area contributed by atoms with Gasteiger partial charge in [0, 0.05) is 6.04 Å². The van der Waals surface area contributed by atoms with Gasteiger partial charge in [0.15, 0.2) is 0 Å². The molecule has 1 heterocycles. The van der Waals surface area contributed by atoms with Crippen LogP contribution in [-0.4, -0.2) is 24.5 Å². The van der Waals surface area contributed by atoms with Crippen LogP contribution in [-0.2, 0) is 0 Å². The maximum absolute atomic E-state index is 2.53. The van der Waals surface area contributed by atoms with Crippen molar-refractivity contribution in [1.29, 1.82) is 0 Å². The van der Waals surface area contributed by atoms with Gasteiger partial charge >= 0.3 is 0 Å². The topological polar surface area (TPSA) is 3.24 Å². The van der Waals surface area contributed by atoms with Crippen LogP contribution >= 0.6 is 0 Å². The molecule has 1 saturated heterocycles. The molecule has 1 rings (SSSR count). The van der Waals surface area contributed by atoms with Crippen molar-refractivity contribution in [2.24, 2.45) is 5.41 Å². The number of hydrogen-bond donors (Lipinski definition) is 0. The van der Waals surface area contributed by atoms with Crippen LogP contribution in [0.25, 0.3) is 0 Å². The van der Waals surface area contributed by atoms with Crippen LogP contribution in [0.3, 0.4) is 0 Å². The quantitative estimate of drug-likeness (QED) is 0.649. The Labute approximate surface area is 83.5 Å². The second kappa shape index (κ2) is 4.45. The maximum Gasteiger partial charge on any atom is 0.00926 e. The molecule has 0 aromatic rings. The summed E-state index contributed by atoms with van der Waals surface area (Å²) in [5.41, 5.74) is 0.525. The van der Waals surface area contributed by atoms with E-state index >= 15 is 0 Å². The zero-order valence-corrected chi connectivity index (χ0v) is 9.77. The van der Waals surface area contributed by atoms with E-state index < -0.39 is 0 Å². The van der Waals surface area contributed by atoms with Crippen LogP contribution in [0.4, 0.5) is 0 Å². The average molecular weight is 183 g/mol. The van der Waals surface area contributed by atoms with Gasteiger partial charge in [-0.3, -0.25) is 0 Å². The van der Waals surface area contributed by atoms with E-state index in [0.717, 1.165) is 6.04 Å². The highest BCUT2D eigenvalue weighted by atomic mass is 15.1. The molecule has 1 fully saturated rings. The van der Waals surface area contributed by atoms with Gasteiger partial charge < -0.3 is 4.90 Å². The predicted molar refractivity (Wildman–Crippen MR) is 59.0 cm³/mol. The van der Waals surface area contributed by atoms with E-state index in [4.69, 9.17) is 0 Å². The number of nitrogens with zero attached hydrogens (tertiary/aromatic N) is 1. The van der Waals surface area contributed by atoms with Crippen molar-refractivity contribution in [2.75, 3.05) is 13.6 Å². The minimum absolute atomic E-state index is 0.525. The first-order valence-corrected chi connectivity index (χ1v) is 5.69. The molecule has 0 amide bonds. The molecule has 78 valence electrons. The Bertz CT molecular complexity index is 146. The first-order valence-electron chi connectivity index (χ1n) is 5.69. The van der Waals surface area contributed by atoms with Crippen LogP contribution in [0.2, 0.25) is 0 Å². The van der Waals surface area contributed by atoms with Crippen molar-refractivity contribution < 1.29 is 0 Å². The molecule has 1 aliphatic heterocycles. The van der Waals surface area contributed by atoms with Gasteiger partial charge in [0.05, 0.1) is 0 Å². The molecule has 0 spiro atoms. The lowest BCUT2D eigenvalue weighted by atomic mass is 9.89. The lowest BCUT2D eigenvalue weighted by molar-refractivity contribution is 0.271. The molecule has 0 saturated carbocycles. The van der Waals surface area contributed by atoms with Gasteiger partial charge in [-0.2, -0.15) is 0 Å². The summed E-state index contributed by atoms with van der Waals surface area (Å²) in [6.07, 6.45) is 7.03. The third-order valence-electron chi connectivity index (χ3n) is 3.14. The average Bonchev–Trinajstić information content (AvgIpc) is 2.34. The fraction of sp³-hybridized carbons (Fsp3) is 1.00. The second-order valence-corrected chi connectivity index (χ2v) is 5.73. The fourth-order valence-corrected chi connectivity index (χ4v) is 2.21. The number of hydrogen-bond acceptors (Lipinski definition) is 1. The Balaban J connectivity index is 2.12. The summed E-state index contributed by atoms with van der Waals surface area (Å²) >= 11 is 0. The lowest BCUT2D eigenvalue weighted by Crippen LogP contribution is -2.24. The highest BCUT2D eigenvalue weighted by Gasteiger charge is 2.20. The van der Waals surface area contributed by atoms with Crippen molar-refractivity contribution in [3.8, 4) is 0 Å². The molecule has 0 aliphatic carbocycles. The molecule has 1 nitrogen and oxygen atoms in total. The van der Waals surface area contributed by atoms with E-state index in [1.807, 2.05) is 0 Å². The van der Waals surface area contributed by atoms with Crippen LogP contribution in [0, 0.1) is 5.41 Å². The lowest BCUT2D eigenvalue weighted by Gasteiger charge is -2.22. The van der Waals surface area contributed by atoms with Gasteiger partial charge in [-0.15, -0.1) is 0 Å². The van der Waals surface area contributed by atoms with Crippen LogP contribution in [0.5, 0.6) is 0 Å². The number of rotatable bonds is 3. The Kier molecular flexibility index (Phi) is 3.78. The Morgan fingerprint density at radius 1 is 1.31 bits per heavy atom. The normalized spacial score (nSPS) is 25.4. The summed E-state index contributed by atoms with van der Waals surface area (Å²) in [6.45, 7) is 8.34. The predicted octanol–water partition coefficient (Wildman–Crippen LogP) is 3.30. The molecule has 1 aliphatic rings. The van der Waals surface area contributed by atoms with Gasteiger partial charge in [0.25, 0.3) is 0 Å². The summed E-state index contributed by atoms with van der Waals surface area (Å²) in [7, 11) is 2.27. The Hall–Kier alpha value is -0.0400. The molecular weight excluding hydrogens is 158 g/mol. The van der Waals surface area contributed by atoms with Crippen molar-refractivity contribution in [1.82, 2.24) is 4.90 Å². The van der Waals surface area contributed by atoms with Crippen molar-refractivity contribution >= 4 is 0 Å². The monoisotopic (exact) mass is 183 g/mol. The maximum atomic E-state index is 2.53. The highest BCUT2D eigenvalue weighted by Crippen LogP contribution is 2.25. The van der Waals surface area contributed by atoms with E-state index in [9.17, 15) is 0 Å².